The minimum Gasteiger partial charge on any atom is -0.475 e. The van der Waals surface area contributed by atoms with E-state index in [0.29, 0.717) is 5.89 Å². The van der Waals surface area contributed by atoms with Crippen LogP contribution in [-0.2, 0) is 10.2 Å². The summed E-state index contributed by atoms with van der Waals surface area (Å²) < 4.78 is 37.3. The van der Waals surface area contributed by atoms with Crippen LogP contribution in [0.15, 0.2) is 4.52 Å². The summed E-state index contributed by atoms with van der Waals surface area (Å²) in [6, 6.07) is -0.109. The molecule has 0 spiro atoms. The van der Waals surface area contributed by atoms with Crippen LogP contribution in [0, 0.1) is 17.8 Å². The van der Waals surface area contributed by atoms with Crippen molar-refractivity contribution in [3.63, 3.8) is 0 Å². The number of carboxylic acid groups (broad SMARTS) is 1. The Morgan fingerprint density at radius 3 is 2.16 bits per heavy atom. The van der Waals surface area contributed by atoms with Gasteiger partial charge in [0, 0.05) is 5.41 Å². The van der Waals surface area contributed by atoms with Gasteiger partial charge < -0.3 is 20.3 Å². The van der Waals surface area contributed by atoms with E-state index < -0.39 is 12.1 Å². The summed E-state index contributed by atoms with van der Waals surface area (Å²) in [5.41, 5.74) is 6.52. The predicted octanol–water partition coefficient (Wildman–Crippen LogP) is 3.90. The average molecular weight is 447 g/mol. The standard InChI is InChI=1S/C19H32N4O.C2HF3O2/c1-23(2)6-4-3-5-16(20)17-21-18(22-24-17)19-10-13-7-14(11-19)9-15(8-13)12-19;3-2(4,5)1(6)7/h13-16H,3-12,20H2,1-2H3;(H,6,7)/t13?,14?,15?,16-,19?;/m0./s1. The van der Waals surface area contributed by atoms with Crippen molar-refractivity contribution in [2.24, 2.45) is 23.5 Å². The molecule has 4 aliphatic carbocycles. The molecule has 1 atom stereocenters. The lowest BCUT2D eigenvalue weighted by Gasteiger charge is -2.55. The van der Waals surface area contributed by atoms with Crippen molar-refractivity contribution in [2.45, 2.75) is 75.4 Å². The molecule has 4 fully saturated rings. The smallest absolute Gasteiger partial charge is 0.475 e. The summed E-state index contributed by atoms with van der Waals surface area (Å²) >= 11 is 0. The van der Waals surface area contributed by atoms with Gasteiger partial charge in [0.1, 0.15) is 0 Å². The first-order valence-corrected chi connectivity index (χ1v) is 11.0. The Labute approximate surface area is 180 Å². The summed E-state index contributed by atoms with van der Waals surface area (Å²) in [6.45, 7) is 1.11. The Bertz CT molecular complexity index is 715. The summed E-state index contributed by atoms with van der Waals surface area (Å²) in [6.07, 6.45) is 6.25. The highest BCUT2D eigenvalue weighted by Crippen LogP contribution is 2.60. The van der Waals surface area contributed by atoms with Crippen molar-refractivity contribution in [2.75, 3.05) is 20.6 Å². The molecule has 4 saturated carbocycles. The number of hydrogen-bond donors (Lipinski definition) is 2. The highest BCUT2D eigenvalue weighted by Gasteiger charge is 2.53. The highest BCUT2D eigenvalue weighted by molar-refractivity contribution is 5.73. The average Bonchev–Trinajstić information content (AvgIpc) is 3.15. The van der Waals surface area contributed by atoms with Gasteiger partial charge in [0.25, 0.3) is 0 Å². The molecular formula is C21H33F3N4O3. The van der Waals surface area contributed by atoms with Crippen LogP contribution >= 0.6 is 0 Å². The molecular weight excluding hydrogens is 413 g/mol. The van der Waals surface area contributed by atoms with Crippen LogP contribution in [0.4, 0.5) is 13.2 Å². The Balaban J connectivity index is 0.000000339. The quantitative estimate of drug-likeness (QED) is 0.612. The molecule has 0 aromatic carbocycles. The zero-order valence-electron chi connectivity index (χ0n) is 18.2. The number of hydrogen-bond acceptors (Lipinski definition) is 6. The van der Waals surface area contributed by atoms with Crippen LogP contribution in [0.25, 0.3) is 0 Å². The van der Waals surface area contributed by atoms with Crippen LogP contribution in [0.3, 0.4) is 0 Å². The van der Waals surface area contributed by atoms with Crippen molar-refractivity contribution >= 4 is 5.97 Å². The summed E-state index contributed by atoms with van der Waals surface area (Å²) in [5, 5.41) is 11.5. The van der Waals surface area contributed by atoms with Gasteiger partial charge in [0.15, 0.2) is 5.82 Å². The topological polar surface area (TPSA) is 105 Å². The van der Waals surface area contributed by atoms with Gasteiger partial charge in [-0.05, 0) is 89.8 Å². The third kappa shape index (κ3) is 5.97. The van der Waals surface area contributed by atoms with Crippen LogP contribution in [0.1, 0.15) is 75.5 Å². The molecule has 0 unspecified atom stereocenters. The number of aromatic nitrogens is 2. The van der Waals surface area contributed by atoms with E-state index in [1.807, 2.05) is 0 Å². The number of halogens is 3. The van der Waals surface area contributed by atoms with Gasteiger partial charge >= 0.3 is 12.1 Å². The van der Waals surface area contributed by atoms with Crippen LogP contribution < -0.4 is 5.73 Å². The third-order valence-electron chi connectivity index (χ3n) is 6.88. The lowest BCUT2D eigenvalue weighted by atomic mass is 9.49. The molecule has 0 aliphatic heterocycles. The number of nitrogens with zero attached hydrogens (tertiary/aromatic N) is 3. The predicted molar refractivity (Wildman–Crippen MR) is 107 cm³/mol. The van der Waals surface area contributed by atoms with Crippen molar-refractivity contribution in [3.8, 4) is 0 Å². The Morgan fingerprint density at radius 2 is 1.71 bits per heavy atom. The monoisotopic (exact) mass is 446 g/mol. The second-order valence-electron chi connectivity index (χ2n) is 9.86. The van der Waals surface area contributed by atoms with Crippen LogP contribution in [0.2, 0.25) is 0 Å². The number of aliphatic carboxylic acids is 1. The van der Waals surface area contributed by atoms with Crippen LogP contribution in [0.5, 0.6) is 0 Å². The van der Waals surface area contributed by atoms with Gasteiger partial charge in [-0.1, -0.05) is 11.6 Å². The third-order valence-corrected chi connectivity index (χ3v) is 6.88. The minimum absolute atomic E-state index is 0.109. The van der Waals surface area contributed by atoms with Crippen molar-refractivity contribution in [3.05, 3.63) is 11.7 Å². The Morgan fingerprint density at radius 1 is 1.19 bits per heavy atom. The molecule has 0 radical (unpaired) electrons. The molecule has 5 rings (SSSR count). The molecule has 0 saturated heterocycles. The SMILES string of the molecule is CN(C)CCCC[C@H](N)c1nc(C23CC4CC(CC(C4)C2)C3)no1.O=C(O)C(F)(F)F. The van der Waals surface area contributed by atoms with E-state index in [4.69, 9.17) is 25.1 Å². The van der Waals surface area contributed by atoms with E-state index in [1.54, 1.807) is 0 Å². The highest BCUT2D eigenvalue weighted by atomic mass is 19.4. The zero-order chi connectivity index (χ0) is 22.8. The maximum Gasteiger partial charge on any atom is 0.490 e. The fourth-order valence-electron chi connectivity index (χ4n) is 5.90. The fraction of sp³-hybridized carbons (Fsp3) is 0.857. The second-order valence-corrected chi connectivity index (χ2v) is 9.86. The van der Waals surface area contributed by atoms with Gasteiger partial charge in [-0.15, -0.1) is 0 Å². The normalized spacial score (nSPS) is 30.2. The maximum atomic E-state index is 10.6. The van der Waals surface area contributed by atoms with Crippen LogP contribution in [-0.4, -0.2) is 52.9 Å². The first kappa shape index (κ1) is 24.0. The molecule has 3 N–H and O–H groups in total. The summed E-state index contributed by atoms with van der Waals surface area (Å²) in [4.78, 5) is 15.9. The minimum atomic E-state index is -5.08. The molecule has 10 heteroatoms. The molecule has 1 aromatic rings. The number of alkyl halides is 3. The number of carbonyl (C=O) groups is 1. The first-order valence-electron chi connectivity index (χ1n) is 11.0. The van der Waals surface area contributed by atoms with Gasteiger partial charge in [0.2, 0.25) is 5.89 Å². The molecule has 4 bridgehead atoms. The lowest BCUT2D eigenvalue weighted by Crippen LogP contribution is -2.49. The fourth-order valence-corrected chi connectivity index (χ4v) is 5.90. The van der Waals surface area contributed by atoms with E-state index >= 15 is 0 Å². The molecule has 7 nitrogen and oxygen atoms in total. The van der Waals surface area contributed by atoms with E-state index in [2.05, 4.69) is 24.2 Å². The van der Waals surface area contributed by atoms with Gasteiger partial charge in [-0.25, -0.2) is 4.79 Å². The Kier molecular flexibility index (Phi) is 7.30. The van der Waals surface area contributed by atoms with Crippen molar-refractivity contribution in [1.82, 2.24) is 15.0 Å². The van der Waals surface area contributed by atoms with Crippen molar-refractivity contribution in [1.29, 1.82) is 0 Å². The molecule has 31 heavy (non-hydrogen) atoms. The molecule has 176 valence electrons. The second kappa shape index (κ2) is 9.44. The van der Waals surface area contributed by atoms with Gasteiger partial charge in [-0.3, -0.25) is 0 Å². The van der Waals surface area contributed by atoms with E-state index in [9.17, 15) is 13.2 Å². The number of nitrogens with two attached hydrogens (primary N) is 1. The summed E-state index contributed by atoms with van der Waals surface area (Å²) in [5.74, 6) is 1.58. The number of carboxylic acids is 1. The van der Waals surface area contributed by atoms with E-state index in [0.717, 1.165) is 49.4 Å². The van der Waals surface area contributed by atoms with Gasteiger partial charge in [-0.2, -0.15) is 18.2 Å². The molecule has 1 heterocycles. The Hall–Kier alpha value is -1.68. The summed E-state index contributed by atoms with van der Waals surface area (Å²) in [7, 11) is 4.21. The van der Waals surface area contributed by atoms with E-state index in [-0.39, 0.29) is 11.5 Å². The lowest BCUT2D eigenvalue weighted by molar-refractivity contribution is -0.192. The zero-order valence-corrected chi connectivity index (χ0v) is 18.2. The molecule has 1 aromatic heterocycles. The largest absolute Gasteiger partial charge is 0.490 e. The molecule has 4 aliphatic rings. The van der Waals surface area contributed by atoms with E-state index in [1.165, 1.54) is 38.5 Å². The van der Waals surface area contributed by atoms with Gasteiger partial charge in [0.05, 0.1) is 6.04 Å². The molecule has 0 amide bonds. The number of unbranched alkanes of at least 4 members (excludes halogenated alkanes) is 1. The maximum absolute atomic E-state index is 10.6. The van der Waals surface area contributed by atoms with Crippen molar-refractivity contribution < 1.29 is 27.6 Å². The first-order chi connectivity index (χ1) is 14.5. The number of rotatable bonds is 7.